The van der Waals surface area contributed by atoms with Gasteiger partial charge in [0.15, 0.2) is 0 Å². The van der Waals surface area contributed by atoms with Crippen molar-refractivity contribution < 1.29 is 14.3 Å². The summed E-state index contributed by atoms with van der Waals surface area (Å²) in [4.78, 5) is 26.8. The van der Waals surface area contributed by atoms with Crippen LogP contribution in [0.15, 0.2) is 48.5 Å². The van der Waals surface area contributed by atoms with E-state index in [9.17, 15) is 9.59 Å². The first-order chi connectivity index (χ1) is 13.9. The fourth-order valence-electron chi connectivity index (χ4n) is 3.63. The fourth-order valence-corrected chi connectivity index (χ4v) is 3.63. The molecule has 1 heterocycles. The number of nitrogens with one attached hydrogen (secondary N) is 1. The first-order valence-corrected chi connectivity index (χ1v) is 10.3. The molecule has 0 bridgehead atoms. The maximum atomic E-state index is 12.9. The van der Waals surface area contributed by atoms with Gasteiger partial charge in [0.1, 0.15) is 5.75 Å². The van der Waals surface area contributed by atoms with E-state index in [-0.39, 0.29) is 17.9 Å². The Morgan fingerprint density at radius 2 is 1.86 bits per heavy atom. The highest BCUT2D eigenvalue weighted by Gasteiger charge is 2.25. The van der Waals surface area contributed by atoms with E-state index in [0.717, 1.165) is 36.3 Å². The van der Waals surface area contributed by atoms with Crippen LogP contribution in [0.1, 0.15) is 53.0 Å². The molecule has 0 aromatic heterocycles. The summed E-state index contributed by atoms with van der Waals surface area (Å²) in [6.07, 6.45) is 2.03. The molecule has 0 saturated carbocycles. The second-order valence-electron chi connectivity index (χ2n) is 8.04. The van der Waals surface area contributed by atoms with Crippen LogP contribution in [0.25, 0.3) is 0 Å². The van der Waals surface area contributed by atoms with E-state index < -0.39 is 0 Å². The number of carbonyl (C=O) groups excluding carboxylic acids is 2. The maximum Gasteiger partial charge on any atom is 0.254 e. The van der Waals surface area contributed by atoms with Crippen LogP contribution in [0.4, 0.5) is 0 Å². The molecule has 5 heteroatoms. The van der Waals surface area contributed by atoms with Crippen molar-refractivity contribution in [2.75, 3.05) is 19.7 Å². The monoisotopic (exact) mass is 394 g/mol. The normalized spacial score (nSPS) is 16.6. The summed E-state index contributed by atoms with van der Waals surface area (Å²) in [5, 5.41) is 2.88. The molecule has 29 heavy (non-hydrogen) atoms. The van der Waals surface area contributed by atoms with Crippen LogP contribution in [0.2, 0.25) is 0 Å². The van der Waals surface area contributed by atoms with E-state index in [1.165, 1.54) is 0 Å². The van der Waals surface area contributed by atoms with Gasteiger partial charge in [-0.25, -0.2) is 0 Å². The van der Waals surface area contributed by atoms with Gasteiger partial charge in [-0.1, -0.05) is 18.2 Å². The van der Waals surface area contributed by atoms with E-state index in [4.69, 9.17) is 4.74 Å². The topological polar surface area (TPSA) is 58.6 Å². The van der Waals surface area contributed by atoms with Crippen molar-refractivity contribution in [1.29, 1.82) is 0 Å². The largest absolute Gasteiger partial charge is 0.493 e. The van der Waals surface area contributed by atoms with Crippen LogP contribution < -0.4 is 10.1 Å². The van der Waals surface area contributed by atoms with Crippen LogP contribution in [-0.4, -0.2) is 42.5 Å². The summed E-state index contributed by atoms with van der Waals surface area (Å²) in [6.45, 7) is 7.92. The molecular formula is C24H30N2O3. The molecular weight excluding hydrogens is 364 g/mol. The molecule has 0 radical (unpaired) electrons. The Balaban J connectivity index is 1.54. The number of rotatable bonds is 6. The lowest BCUT2D eigenvalue weighted by atomic mass is 9.97. The van der Waals surface area contributed by atoms with Gasteiger partial charge in [0.05, 0.1) is 6.61 Å². The predicted molar refractivity (Wildman–Crippen MR) is 114 cm³/mol. The number of ether oxygens (including phenoxy) is 1. The average molecular weight is 395 g/mol. The minimum atomic E-state index is -0.0795. The van der Waals surface area contributed by atoms with E-state index in [1.54, 1.807) is 12.1 Å². The van der Waals surface area contributed by atoms with Gasteiger partial charge < -0.3 is 15.0 Å². The molecule has 1 atom stereocenters. The van der Waals surface area contributed by atoms with Crippen molar-refractivity contribution in [2.24, 2.45) is 5.92 Å². The van der Waals surface area contributed by atoms with E-state index in [0.29, 0.717) is 24.6 Å². The van der Waals surface area contributed by atoms with Crippen molar-refractivity contribution in [3.05, 3.63) is 65.2 Å². The standard InChI is InChI=1S/C24H30N2O3/c1-17(2)25-23(27)20-10-12-21(13-11-20)29-16-19-8-6-14-26(15-19)24(28)22-9-5-4-7-18(22)3/h4-5,7,9-13,17,19H,6,8,14-16H2,1-3H3,(H,25,27)/t19-/m1/s1. The Kier molecular flexibility index (Phi) is 6.91. The predicted octanol–water partition coefficient (Wildman–Crippen LogP) is 4.06. The SMILES string of the molecule is Cc1ccccc1C(=O)N1CCC[C@@H](COc2ccc(C(=O)NC(C)C)cc2)C1. The molecule has 0 spiro atoms. The molecule has 1 aliphatic rings. The molecule has 5 nitrogen and oxygen atoms in total. The summed E-state index contributed by atoms with van der Waals surface area (Å²) in [6, 6.07) is 15.1. The minimum absolute atomic E-state index is 0.0795. The highest BCUT2D eigenvalue weighted by molar-refractivity contribution is 5.95. The van der Waals surface area contributed by atoms with E-state index in [2.05, 4.69) is 5.32 Å². The third-order valence-electron chi connectivity index (χ3n) is 5.20. The zero-order valence-electron chi connectivity index (χ0n) is 17.5. The van der Waals surface area contributed by atoms with Gasteiger partial charge in [-0.05, 0) is 69.5 Å². The Hall–Kier alpha value is -2.82. The third-order valence-corrected chi connectivity index (χ3v) is 5.20. The Morgan fingerprint density at radius 3 is 2.55 bits per heavy atom. The lowest BCUT2D eigenvalue weighted by Crippen LogP contribution is -2.41. The van der Waals surface area contributed by atoms with Gasteiger partial charge in [0.25, 0.3) is 11.8 Å². The highest BCUT2D eigenvalue weighted by Crippen LogP contribution is 2.22. The van der Waals surface area contributed by atoms with E-state index in [1.807, 2.05) is 62.1 Å². The van der Waals surface area contributed by atoms with Gasteiger partial charge in [-0.15, -0.1) is 0 Å². The van der Waals surface area contributed by atoms with E-state index >= 15 is 0 Å². The minimum Gasteiger partial charge on any atom is -0.493 e. The second kappa shape index (κ2) is 9.59. The van der Waals surface area contributed by atoms with Crippen molar-refractivity contribution in [2.45, 2.75) is 39.7 Å². The number of aryl methyl sites for hydroxylation is 1. The van der Waals surface area contributed by atoms with Crippen LogP contribution in [0.3, 0.4) is 0 Å². The molecule has 0 unspecified atom stereocenters. The number of carbonyl (C=O) groups is 2. The van der Waals surface area contributed by atoms with Crippen LogP contribution in [0, 0.1) is 12.8 Å². The fraction of sp³-hybridized carbons (Fsp3) is 0.417. The smallest absolute Gasteiger partial charge is 0.254 e. The zero-order valence-corrected chi connectivity index (χ0v) is 17.5. The van der Waals surface area contributed by atoms with Gasteiger partial charge in [-0.2, -0.15) is 0 Å². The van der Waals surface area contributed by atoms with Crippen LogP contribution >= 0.6 is 0 Å². The Labute approximate surface area is 173 Å². The number of hydrogen-bond acceptors (Lipinski definition) is 3. The highest BCUT2D eigenvalue weighted by atomic mass is 16.5. The van der Waals surface area contributed by atoms with Gasteiger partial charge >= 0.3 is 0 Å². The van der Waals surface area contributed by atoms with Crippen molar-refractivity contribution in [3.63, 3.8) is 0 Å². The number of amides is 2. The Morgan fingerprint density at radius 1 is 1.14 bits per heavy atom. The number of piperidine rings is 1. The van der Waals surface area contributed by atoms with Gasteiger partial charge in [0.2, 0.25) is 0 Å². The number of benzene rings is 2. The molecule has 154 valence electrons. The molecule has 2 aromatic carbocycles. The maximum absolute atomic E-state index is 12.9. The molecule has 0 aliphatic carbocycles. The Bertz CT molecular complexity index is 845. The second-order valence-corrected chi connectivity index (χ2v) is 8.04. The average Bonchev–Trinajstić information content (AvgIpc) is 2.72. The molecule has 2 amide bonds. The summed E-state index contributed by atoms with van der Waals surface area (Å²) < 4.78 is 5.95. The van der Waals surface area contributed by atoms with Crippen LogP contribution in [-0.2, 0) is 0 Å². The van der Waals surface area contributed by atoms with Gasteiger partial charge in [0, 0.05) is 36.2 Å². The van der Waals surface area contributed by atoms with Crippen molar-refractivity contribution in [3.8, 4) is 5.75 Å². The van der Waals surface area contributed by atoms with Crippen molar-refractivity contribution >= 4 is 11.8 Å². The lowest BCUT2D eigenvalue weighted by Gasteiger charge is -2.33. The van der Waals surface area contributed by atoms with Crippen molar-refractivity contribution in [1.82, 2.24) is 10.2 Å². The summed E-state index contributed by atoms with van der Waals surface area (Å²) in [7, 11) is 0. The molecule has 1 saturated heterocycles. The molecule has 3 rings (SSSR count). The number of likely N-dealkylation sites (tertiary alicyclic amines) is 1. The summed E-state index contributed by atoms with van der Waals surface area (Å²) in [5.41, 5.74) is 2.42. The summed E-state index contributed by atoms with van der Waals surface area (Å²) >= 11 is 0. The third kappa shape index (κ3) is 5.59. The molecule has 1 aliphatic heterocycles. The number of nitrogens with zero attached hydrogens (tertiary/aromatic N) is 1. The molecule has 1 fully saturated rings. The number of hydrogen-bond donors (Lipinski definition) is 1. The first-order valence-electron chi connectivity index (χ1n) is 10.3. The van der Waals surface area contributed by atoms with Crippen LogP contribution in [0.5, 0.6) is 5.75 Å². The van der Waals surface area contributed by atoms with Gasteiger partial charge in [-0.3, -0.25) is 9.59 Å². The lowest BCUT2D eigenvalue weighted by molar-refractivity contribution is 0.0632. The molecule has 2 aromatic rings. The zero-order chi connectivity index (χ0) is 20.8. The first kappa shape index (κ1) is 20.9. The quantitative estimate of drug-likeness (QED) is 0.804. The summed E-state index contributed by atoms with van der Waals surface area (Å²) in [5.74, 6) is 1.08. The molecule has 1 N–H and O–H groups in total.